The number of aromatic nitrogens is 3. The maximum Gasteiger partial charge on any atom is 0.435 e. The van der Waals surface area contributed by atoms with Crippen LogP contribution in [0.4, 0.5) is 17.6 Å². The number of alkyl halides is 3. The lowest BCUT2D eigenvalue weighted by Gasteiger charge is -2.16. The summed E-state index contributed by atoms with van der Waals surface area (Å²) in [6.45, 7) is -0.210. The molecule has 0 spiro atoms. The van der Waals surface area contributed by atoms with Crippen molar-refractivity contribution in [1.29, 1.82) is 0 Å². The minimum absolute atomic E-state index is 0.0000771. The summed E-state index contributed by atoms with van der Waals surface area (Å²) in [5.74, 6) is -3.81. The van der Waals surface area contributed by atoms with Gasteiger partial charge >= 0.3 is 12.1 Å². The molecule has 26 heavy (non-hydrogen) atoms. The van der Waals surface area contributed by atoms with Gasteiger partial charge in [-0.15, -0.1) is 5.10 Å². The molecule has 7 nitrogen and oxygen atoms in total. The first-order valence-corrected chi connectivity index (χ1v) is 7.49. The molecule has 138 valence electrons. The summed E-state index contributed by atoms with van der Waals surface area (Å²) in [6.07, 6.45) is -4.84. The number of halogens is 4. The molecule has 1 aliphatic heterocycles. The zero-order valence-electron chi connectivity index (χ0n) is 13.1. The molecule has 1 amide bonds. The molecule has 0 bridgehead atoms. The van der Waals surface area contributed by atoms with E-state index in [9.17, 15) is 27.2 Å². The van der Waals surface area contributed by atoms with E-state index in [-0.39, 0.29) is 25.2 Å². The smallest absolute Gasteiger partial charge is 0.435 e. The molecule has 2 heterocycles. The number of carboxylic acid groups (broad SMARTS) is 1. The lowest BCUT2D eigenvalue weighted by molar-refractivity contribution is -0.143. The highest BCUT2D eigenvalue weighted by molar-refractivity contribution is 5.94. The summed E-state index contributed by atoms with van der Waals surface area (Å²) in [4.78, 5) is 24.4. The van der Waals surface area contributed by atoms with Crippen molar-refractivity contribution in [3.05, 3.63) is 41.5 Å². The highest BCUT2D eigenvalue weighted by Gasteiger charge is 2.44. The Bertz CT molecular complexity index is 865. The predicted molar refractivity (Wildman–Crippen MR) is 78.0 cm³/mol. The summed E-state index contributed by atoms with van der Waals surface area (Å²) < 4.78 is 54.2. The molecular formula is C15H12F4N4O3. The van der Waals surface area contributed by atoms with Crippen LogP contribution < -0.4 is 0 Å². The van der Waals surface area contributed by atoms with Crippen molar-refractivity contribution in [2.75, 3.05) is 13.1 Å². The van der Waals surface area contributed by atoms with Gasteiger partial charge < -0.3 is 10.0 Å². The lowest BCUT2D eigenvalue weighted by Crippen LogP contribution is -2.32. The number of carbonyl (C=O) groups is 2. The van der Waals surface area contributed by atoms with Gasteiger partial charge in [-0.2, -0.15) is 13.2 Å². The second kappa shape index (κ2) is 6.39. The van der Waals surface area contributed by atoms with E-state index in [4.69, 9.17) is 5.11 Å². The molecule has 1 aromatic heterocycles. The second-order valence-electron chi connectivity index (χ2n) is 5.75. The Morgan fingerprint density at radius 2 is 2.00 bits per heavy atom. The molecule has 0 saturated carbocycles. The first-order valence-electron chi connectivity index (χ1n) is 7.49. The van der Waals surface area contributed by atoms with Crippen LogP contribution in [0.5, 0.6) is 0 Å². The molecule has 1 saturated heterocycles. The van der Waals surface area contributed by atoms with Crippen LogP contribution in [0.25, 0.3) is 5.69 Å². The SMILES string of the molecule is O=C(O)C1CCN(C(=O)c2nnn(-c3cccc(F)c3)c2C(F)(F)F)C1. The van der Waals surface area contributed by atoms with Crippen molar-refractivity contribution in [3.63, 3.8) is 0 Å². The Balaban J connectivity index is 2.01. The van der Waals surface area contributed by atoms with Gasteiger partial charge in [-0.1, -0.05) is 11.3 Å². The highest BCUT2D eigenvalue weighted by Crippen LogP contribution is 2.34. The fourth-order valence-electron chi connectivity index (χ4n) is 2.76. The minimum Gasteiger partial charge on any atom is -0.481 e. The van der Waals surface area contributed by atoms with E-state index in [0.29, 0.717) is 4.68 Å². The molecule has 1 aromatic carbocycles. The number of aliphatic carboxylic acids is 1. The van der Waals surface area contributed by atoms with Gasteiger partial charge in [-0.3, -0.25) is 9.59 Å². The largest absolute Gasteiger partial charge is 0.481 e. The second-order valence-corrected chi connectivity index (χ2v) is 5.75. The van der Waals surface area contributed by atoms with Crippen molar-refractivity contribution in [1.82, 2.24) is 19.9 Å². The Morgan fingerprint density at radius 1 is 1.27 bits per heavy atom. The number of rotatable bonds is 3. The maximum atomic E-state index is 13.5. The lowest BCUT2D eigenvalue weighted by atomic mass is 10.1. The number of carboxylic acids is 1. The zero-order valence-corrected chi connectivity index (χ0v) is 13.1. The summed E-state index contributed by atoms with van der Waals surface area (Å²) in [6, 6.07) is 4.27. The van der Waals surface area contributed by atoms with E-state index in [1.54, 1.807) is 0 Å². The molecule has 1 unspecified atom stereocenters. The van der Waals surface area contributed by atoms with Gasteiger partial charge in [0.15, 0.2) is 11.4 Å². The standard InChI is InChI=1S/C15H12F4N4O3/c16-9-2-1-3-10(6-9)23-12(15(17,18)19)11(20-21-23)13(24)22-5-4-8(7-22)14(25)26/h1-3,6,8H,4-5,7H2,(H,25,26). The molecule has 1 aliphatic rings. The first kappa shape index (κ1) is 17.8. The maximum absolute atomic E-state index is 13.5. The van der Waals surface area contributed by atoms with Gasteiger partial charge in [0.1, 0.15) is 5.82 Å². The third-order valence-electron chi connectivity index (χ3n) is 4.02. The van der Waals surface area contributed by atoms with Crippen LogP contribution in [0.2, 0.25) is 0 Å². The average molecular weight is 372 g/mol. The van der Waals surface area contributed by atoms with Crippen LogP contribution in [0.1, 0.15) is 22.6 Å². The van der Waals surface area contributed by atoms with Gasteiger partial charge in [0.05, 0.1) is 11.6 Å². The van der Waals surface area contributed by atoms with E-state index < -0.39 is 41.2 Å². The number of hydrogen-bond donors (Lipinski definition) is 1. The Kier molecular flexibility index (Phi) is 4.38. The summed E-state index contributed by atoms with van der Waals surface area (Å²) in [7, 11) is 0. The number of hydrogen-bond acceptors (Lipinski definition) is 4. The third kappa shape index (κ3) is 3.24. The molecule has 1 atom stereocenters. The first-order chi connectivity index (χ1) is 12.2. The van der Waals surface area contributed by atoms with E-state index in [1.807, 2.05) is 0 Å². The van der Waals surface area contributed by atoms with Crippen molar-refractivity contribution in [2.45, 2.75) is 12.6 Å². The monoisotopic (exact) mass is 372 g/mol. The summed E-state index contributed by atoms with van der Waals surface area (Å²) >= 11 is 0. The minimum atomic E-state index is -4.98. The van der Waals surface area contributed by atoms with Gasteiger partial charge in [0.25, 0.3) is 5.91 Å². The van der Waals surface area contributed by atoms with Crippen LogP contribution in [-0.4, -0.2) is 50.0 Å². The number of benzene rings is 1. The van der Waals surface area contributed by atoms with Crippen molar-refractivity contribution in [2.24, 2.45) is 5.92 Å². The fraction of sp³-hybridized carbons (Fsp3) is 0.333. The molecule has 1 fully saturated rings. The predicted octanol–water partition coefficient (Wildman–Crippen LogP) is 1.97. The van der Waals surface area contributed by atoms with E-state index >= 15 is 0 Å². The Morgan fingerprint density at radius 3 is 2.58 bits per heavy atom. The fourth-order valence-corrected chi connectivity index (χ4v) is 2.76. The van der Waals surface area contributed by atoms with Gasteiger partial charge in [-0.05, 0) is 24.6 Å². The topological polar surface area (TPSA) is 88.3 Å². The van der Waals surface area contributed by atoms with Crippen LogP contribution in [0.3, 0.4) is 0 Å². The van der Waals surface area contributed by atoms with Crippen LogP contribution in [-0.2, 0) is 11.0 Å². The Labute approximate surface area is 143 Å². The van der Waals surface area contributed by atoms with Crippen molar-refractivity contribution < 1.29 is 32.3 Å². The van der Waals surface area contributed by atoms with Crippen molar-refractivity contribution in [3.8, 4) is 5.69 Å². The van der Waals surface area contributed by atoms with Crippen LogP contribution in [0, 0.1) is 11.7 Å². The third-order valence-corrected chi connectivity index (χ3v) is 4.02. The number of carbonyl (C=O) groups excluding carboxylic acids is 1. The molecule has 0 aliphatic carbocycles. The molecule has 0 radical (unpaired) electrons. The average Bonchev–Trinajstić information content (AvgIpc) is 3.21. The number of likely N-dealkylation sites (tertiary alicyclic amines) is 1. The van der Waals surface area contributed by atoms with Crippen molar-refractivity contribution >= 4 is 11.9 Å². The molecule has 11 heteroatoms. The van der Waals surface area contributed by atoms with Crippen LogP contribution >= 0.6 is 0 Å². The van der Waals surface area contributed by atoms with E-state index in [0.717, 1.165) is 17.0 Å². The normalized spacial score (nSPS) is 17.5. The van der Waals surface area contributed by atoms with Crippen LogP contribution in [0.15, 0.2) is 24.3 Å². The number of amides is 1. The van der Waals surface area contributed by atoms with E-state index in [1.165, 1.54) is 12.1 Å². The molecule has 2 aromatic rings. The van der Waals surface area contributed by atoms with Gasteiger partial charge in [0.2, 0.25) is 0 Å². The van der Waals surface area contributed by atoms with Gasteiger partial charge in [-0.25, -0.2) is 9.07 Å². The molecule has 1 N–H and O–H groups in total. The zero-order chi connectivity index (χ0) is 19.1. The Hall–Kier alpha value is -2.98. The highest BCUT2D eigenvalue weighted by atomic mass is 19.4. The summed E-state index contributed by atoms with van der Waals surface area (Å²) in [5, 5.41) is 15.7. The summed E-state index contributed by atoms with van der Waals surface area (Å²) in [5.41, 5.74) is -2.63. The number of nitrogens with zero attached hydrogens (tertiary/aromatic N) is 4. The molecule has 3 rings (SSSR count). The molecular weight excluding hydrogens is 360 g/mol. The quantitative estimate of drug-likeness (QED) is 0.833. The van der Waals surface area contributed by atoms with E-state index in [2.05, 4.69) is 10.3 Å². The van der Waals surface area contributed by atoms with Gasteiger partial charge in [0, 0.05) is 13.1 Å².